The summed E-state index contributed by atoms with van der Waals surface area (Å²) in [7, 11) is 1.90. The molecular formula is C12H21N3O2. The van der Waals surface area contributed by atoms with Crippen molar-refractivity contribution in [3.8, 4) is 0 Å². The van der Waals surface area contributed by atoms with Crippen LogP contribution in [-0.4, -0.2) is 23.8 Å². The van der Waals surface area contributed by atoms with E-state index in [1.54, 1.807) is 0 Å². The van der Waals surface area contributed by atoms with Gasteiger partial charge in [-0.05, 0) is 39.7 Å². The van der Waals surface area contributed by atoms with Crippen LogP contribution in [0.15, 0.2) is 4.52 Å². The fourth-order valence-electron chi connectivity index (χ4n) is 2.20. The summed E-state index contributed by atoms with van der Waals surface area (Å²) < 4.78 is 11.1. The van der Waals surface area contributed by atoms with Crippen molar-refractivity contribution in [2.75, 3.05) is 13.7 Å². The maximum absolute atomic E-state index is 5.81. The summed E-state index contributed by atoms with van der Waals surface area (Å²) in [6, 6.07) is 0.128. The highest BCUT2D eigenvalue weighted by Gasteiger charge is 2.35. The van der Waals surface area contributed by atoms with Gasteiger partial charge in [0.15, 0.2) is 0 Å². The molecule has 5 heteroatoms. The third kappa shape index (κ3) is 2.50. The molecule has 0 aromatic carbocycles. The zero-order valence-electron chi connectivity index (χ0n) is 10.8. The Morgan fingerprint density at radius 1 is 1.47 bits per heavy atom. The number of hydrogen-bond donors (Lipinski definition) is 1. The molecule has 0 bridgehead atoms. The summed E-state index contributed by atoms with van der Waals surface area (Å²) in [4.78, 5) is 4.48. The number of hydrogen-bond acceptors (Lipinski definition) is 5. The molecule has 0 spiro atoms. The third-order valence-electron chi connectivity index (χ3n) is 3.44. The van der Waals surface area contributed by atoms with Crippen molar-refractivity contribution in [3.63, 3.8) is 0 Å². The van der Waals surface area contributed by atoms with Crippen LogP contribution in [0, 0.1) is 0 Å². The van der Waals surface area contributed by atoms with Crippen molar-refractivity contribution in [2.24, 2.45) is 0 Å². The SMILES string of the molecule is CCC(NC)c1nc(C2(C)CCCCO2)no1. The van der Waals surface area contributed by atoms with Crippen LogP contribution in [0.2, 0.25) is 0 Å². The minimum absolute atomic E-state index is 0.128. The molecule has 1 aromatic heterocycles. The highest BCUT2D eigenvalue weighted by atomic mass is 16.5. The van der Waals surface area contributed by atoms with Gasteiger partial charge in [0.25, 0.3) is 0 Å². The first-order valence-electron chi connectivity index (χ1n) is 6.35. The molecule has 2 heterocycles. The maximum atomic E-state index is 5.81. The standard InChI is InChI=1S/C12H21N3O2/c1-4-9(13-3)10-14-11(15-17-10)12(2)7-5-6-8-16-12/h9,13H,4-8H2,1-3H3. The van der Waals surface area contributed by atoms with E-state index in [0.29, 0.717) is 11.7 Å². The predicted octanol–water partition coefficient (Wildman–Crippen LogP) is 2.16. The lowest BCUT2D eigenvalue weighted by molar-refractivity contribution is -0.0770. The van der Waals surface area contributed by atoms with Crippen LogP contribution in [0.25, 0.3) is 0 Å². The van der Waals surface area contributed by atoms with Crippen LogP contribution < -0.4 is 5.32 Å². The van der Waals surface area contributed by atoms with Crippen molar-refractivity contribution in [3.05, 3.63) is 11.7 Å². The van der Waals surface area contributed by atoms with Gasteiger partial charge in [-0.2, -0.15) is 4.98 Å². The molecule has 2 rings (SSSR count). The third-order valence-corrected chi connectivity index (χ3v) is 3.44. The second kappa shape index (κ2) is 5.14. The molecular weight excluding hydrogens is 218 g/mol. The van der Waals surface area contributed by atoms with Gasteiger partial charge in [-0.1, -0.05) is 12.1 Å². The van der Waals surface area contributed by atoms with Crippen molar-refractivity contribution in [1.29, 1.82) is 0 Å². The first-order valence-corrected chi connectivity index (χ1v) is 6.35. The van der Waals surface area contributed by atoms with Crippen LogP contribution in [0.5, 0.6) is 0 Å². The van der Waals surface area contributed by atoms with E-state index in [-0.39, 0.29) is 11.6 Å². The average molecular weight is 239 g/mol. The fourth-order valence-corrected chi connectivity index (χ4v) is 2.20. The summed E-state index contributed by atoms with van der Waals surface area (Å²) in [6.45, 7) is 4.91. The Bertz CT molecular complexity index is 354. The first-order chi connectivity index (χ1) is 8.19. The minimum atomic E-state index is -0.369. The molecule has 0 saturated carbocycles. The number of nitrogens with zero attached hydrogens (tertiary/aromatic N) is 2. The van der Waals surface area contributed by atoms with Gasteiger partial charge >= 0.3 is 0 Å². The van der Waals surface area contributed by atoms with Gasteiger partial charge in [0, 0.05) is 6.61 Å². The van der Waals surface area contributed by atoms with E-state index in [1.807, 2.05) is 14.0 Å². The molecule has 1 aliphatic heterocycles. The van der Waals surface area contributed by atoms with Crippen molar-refractivity contribution in [2.45, 2.75) is 51.2 Å². The number of rotatable bonds is 4. The van der Waals surface area contributed by atoms with E-state index in [1.165, 1.54) is 0 Å². The van der Waals surface area contributed by atoms with Gasteiger partial charge in [0.05, 0.1) is 6.04 Å². The van der Waals surface area contributed by atoms with Crippen molar-refractivity contribution < 1.29 is 9.26 Å². The Balaban J connectivity index is 2.16. The molecule has 96 valence electrons. The molecule has 2 atom stereocenters. The van der Waals surface area contributed by atoms with E-state index in [9.17, 15) is 0 Å². The predicted molar refractivity (Wildman–Crippen MR) is 63.5 cm³/mol. The summed E-state index contributed by atoms with van der Waals surface area (Å²) >= 11 is 0. The summed E-state index contributed by atoms with van der Waals surface area (Å²) in [5.41, 5.74) is -0.369. The second-order valence-electron chi connectivity index (χ2n) is 4.74. The molecule has 1 aliphatic rings. The first kappa shape index (κ1) is 12.5. The second-order valence-corrected chi connectivity index (χ2v) is 4.74. The Morgan fingerprint density at radius 3 is 2.88 bits per heavy atom. The van der Waals surface area contributed by atoms with E-state index in [4.69, 9.17) is 9.26 Å². The highest BCUT2D eigenvalue weighted by molar-refractivity contribution is 5.02. The Hall–Kier alpha value is -0.940. The molecule has 1 aromatic rings. The van der Waals surface area contributed by atoms with E-state index in [2.05, 4.69) is 22.4 Å². The number of ether oxygens (including phenoxy) is 1. The van der Waals surface area contributed by atoms with Crippen molar-refractivity contribution >= 4 is 0 Å². The van der Waals surface area contributed by atoms with Crippen LogP contribution >= 0.6 is 0 Å². The molecule has 5 nitrogen and oxygen atoms in total. The van der Waals surface area contributed by atoms with Gasteiger partial charge in [0.1, 0.15) is 5.60 Å². The lowest BCUT2D eigenvalue weighted by Gasteiger charge is -2.30. The summed E-state index contributed by atoms with van der Waals surface area (Å²) in [6.07, 6.45) is 4.16. The molecule has 0 radical (unpaired) electrons. The zero-order valence-corrected chi connectivity index (χ0v) is 10.8. The highest BCUT2D eigenvalue weighted by Crippen LogP contribution is 2.33. The van der Waals surface area contributed by atoms with Crippen LogP contribution in [0.4, 0.5) is 0 Å². The maximum Gasteiger partial charge on any atom is 0.243 e. The summed E-state index contributed by atoms with van der Waals surface area (Å²) in [5.74, 6) is 1.33. The Kier molecular flexibility index (Phi) is 3.79. The van der Waals surface area contributed by atoms with Gasteiger partial charge in [-0.3, -0.25) is 0 Å². The van der Waals surface area contributed by atoms with E-state index < -0.39 is 0 Å². The van der Waals surface area contributed by atoms with Crippen LogP contribution in [-0.2, 0) is 10.3 Å². The lowest BCUT2D eigenvalue weighted by atomic mass is 9.95. The molecule has 1 fully saturated rings. The quantitative estimate of drug-likeness (QED) is 0.872. The van der Waals surface area contributed by atoms with Gasteiger partial charge in [-0.15, -0.1) is 0 Å². The van der Waals surface area contributed by atoms with E-state index >= 15 is 0 Å². The van der Waals surface area contributed by atoms with Crippen LogP contribution in [0.3, 0.4) is 0 Å². The van der Waals surface area contributed by atoms with Crippen molar-refractivity contribution in [1.82, 2.24) is 15.5 Å². The Labute approximate surface area is 102 Å². The normalized spacial score (nSPS) is 27.0. The topological polar surface area (TPSA) is 60.2 Å². The lowest BCUT2D eigenvalue weighted by Crippen LogP contribution is -2.31. The van der Waals surface area contributed by atoms with Gasteiger partial charge < -0.3 is 14.6 Å². The smallest absolute Gasteiger partial charge is 0.243 e. The minimum Gasteiger partial charge on any atom is -0.367 e. The summed E-state index contributed by atoms with van der Waals surface area (Å²) in [5, 5.41) is 7.24. The van der Waals surface area contributed by atoms with Gasteiger partial charge in [0.2, 0.25) is 11.7 Å². The fraction of sp³-hybridized carbons (Fsp3) is 0.833. The number of nitrogens with one attached hydrogen (secondary N) is 1. The molecule has 2 unspecified atom stereocenters. The molecule has 0 aliphatic carbocycles. The molecule has 17 heavy (non-hydrogen) atoms. The van der Waals surface area contributed by atoms with Gasteiger partial charge in [-0.25, -0.2) is 0 Å². The Morgan fingerprint density at radius 2 is 2.29 bits per heavy atom. The molecule has 0 amide bonds. The largest absolute Gasteiger partial charge is 0.367 e. The number of aromatic nitrogens is 2. The average Bonchev–Trinajstić information content (AvgIpc) is 2.82. The molecule has 1 N–H and O–H groups in total. The van der Waals surface area contributed by atoms with E-state index in [0.717, 1.165) is 32.3 Å². The zero-order chi connectivity index (χ0) is 12.3. The van der Waals surface area contributed by atoms with Crippen LogP contribution in [0.1, 0.15) is 57.3 Å². The monoisotopic (exact) mass is 239 g/mol. The molecule has 1 saturated heterocycles.